The summed E-state index contributed by atoms with van der Waals surface area (Å²) in [5.41, 5.74) is 11.8. The van der Waals surface area contributed by atoms with Crippen molar-refractivity contribution in [3.05, 3.63) is 82.8 Å². The van der Waals surface area contributed by atoms with Gasteiger partial charge < -0.3 is 46.7 Å². The molecule has 370 valence electrons. The fourth-order valence-corrected chi connectivity index (χ4v) is 8.56. The van der Waals surface area contributed by atoms with E-state index in [-0.39, 0.29) is 12.6 Å². The van der Waals surface area contributed by atoms with Gasteiger partial charge in [0, 0.05) is 63.6 Å². The van der Waals surface area contributed by atoms with Crippen molar-refractivity contribution >= 4 is 40.8 Å². The molecule has 0 saturated carbocycles. The van der Waals surface area contributed by atoms with Crippen molar-refractivity contribution in [2.75, 3.05) is 103 Å². The summed E-state index contributed by atoms with van der Waals surface area (Å²) < 4.78 is 10.6. The highest BCUT2D eigenvalue weighted by Crippen LogP contribution is 2.17. The monoisotopic (exact) mass is 938 g/mol. The molecule has 2 amide bonds. The summed E-state index contributed by atoms with van der Waals surface area (Å²) in [7, 11) is 1.23. The standard InChI is InChI=1S/C50H75N13O5/c1-38-45-46(60-49(51)57-38)56-34-43(58-45)33-55-42-19-17-41(18-20-42)47(64)59-44(48(65)67-2)37-68-50(66)63-30-10-6-5-9-28-62(32-26-54-23-12-31-63)36-40-15-13-39(14-16-40)35-61-27-8-4-3-7-21-52-24-25-53-22-11-29-61/h13-20,34,44,52-55H,3-12,21-33,35-37H2,1-2H3,(H,59,64)(H2,51,56,57,60). The molecule has 0 bridgehead atoms. The van der Waals surface area contributed by atoms with Crippen LogP contribution in [-0.4, -0.2) is 151 Å². The Kier molecular flexibility index (Phi) is 21.9. The Bertz CT molecular complexity index is 2120. The zero-order valence-corrected chi connectivity index (χ0v) is 40.4. The number of hydrogen-bond acceptors (Lipinski definition) is 16. The number of aromatic nitrogens is 4. The third kappa shape index (κ3) is 17.8. The second-order valence-electron chi connectivity index (χ2n) is 17.9. The highest BCUT2D eigenvalue weighted by molar-refractivity contribution is 5.97. The van der Waals surface area contributed by atoms with Crippen molar-refractivity contribution in [1.29, 1.82) is 0 Å². The molecule has 4 heterocycles. The highest BCUT2D eigenvalue weighted by atomic mass is 16.6. The summed E-state index contributed by atoms with van der Waals surface area (Å²) in [6.45, 7) is 15.0. The molecule has 1 atom stereocenters. The molecular formula is C50H75N13O5. The van der Waals surface area contributed by atoms with E-state index >= 15 is 0 Å². The normalized spacial score (nSPS) is 17.8. The van der Waals surface area contributed by atoms with E-state index in [4.69, 9.17) is 15.2 Å². The number of nitrogens with two attached hydrogens (primary N) is 1. The van der Waals surface area contributed by atoms with Crippen LogP contribution in [0.1, 0.15) is 97.1 Å². The van der Waals surface area contributed by atoms with Crippen LogP contribution < -0.4 is 32.3 Å². The number of nitrogens with zero attached hydrogens (tertiary/aromatic N) is 7. The molecule has 6 rings (SSSR count). The number of ether oxygens (including phenoxy) is 2. The Morgan fingerprint density at radius 2 is 1.28 bits per heavy atom. The molecule has 4 aromatic rings. The topological polar surface area (TPSA) is 217 Å². The number of hydrogen-bond donors (Lipinski definition) is 6. The third-order valence-corrected chi connectivity index (χ3v) is 12.5. The van der Waals surface area contributed by atoms with Gasteiger partial charge in [0.1, 0.15) is 12.1 Å². The Labute approximate surface area is 402 Å². The van der Waals surface area contributed by atoms with Crippen molar-refractivity contribution < 1.29 is 23.9 Å². The van der Waals surface area contributed by atoms with Gasteiger partial charge in [0.15, 0.2) is 11.7 Å². The molecule has 2 aromatic heterocycles. The highest BCUT2D eigenvalue weighted by Gasteiger charge is 2.26. The number of nitrogens with one attached hydrogen (secondary N) is 5. The van der Waals surface area contributed by atoms with Crippen molar-refractivity contribution in [2.45, 2.75) is 96.8 Å². The zero-order valence-electron chi connectivity index (χ0n) is 40.4. The smallest absolute Gasteiger partial charge is 0.409 e. The summed E-state index contributed by atoms with van der Waals surface area (Å²) in [5, 5.41) is 16.7. The van der Waals surface area contributed by atoms with Crippen LogP contribution >= 0.6 is 0 Å². The molecule has 2 aliphatic heterocycles. The van der Waals surface area contributed by atoms with Crippen LogP contribution in [0.15, 0.2) is 54.7 Å². The van der Waals surface area contributed by atoms with Gasteiger partial charge in [-0.15, -0.1) is 0 Å². The maximum Gasteiger partial charge on any atom is 0.409 e. The summed E-state index contributed by atoms with van der Waals surface area (Å²) in [5.74, 6) is -1.07. The number of rotatable bonds is 12. The van der Waals surface area contributed by atoms with Crippen LogP contribution in [0, 0.1) is 6.92 Å². The average Bonchev–Trinajstić information content (AvgIpc) is 3.34. The number of amides is 2. The fraction of sp³-hybridized carbons (Fsp3) is 0.580. The molecule has 7 N–H and O–H groups in total. The molecule has 2 aliphatic rings. The molecule has 0 aliphatic carbocycles. The average molecular weight is 938 g/mol. The van der Waals surface area contributed by atoms with E-state index in [1.54, 1.807) is 42.3 Å². The van der Waals surface area contributed by atoms with Crippen LogP contribution in [0.3, 0.4) is 0 Å². The van der Waals surface area contributed by atoms with Crippen LogP contribution in [0.25, 0.3) is 11.2 Å². The second kappa shape index (κ2) is 28.7. The van der Waals surface area contributed by atoms with Crippen LogP contribution in [0.5, 0.6) is 0 Å². The lowest BCUT2D eigenvalue weighted by Gasteiger charge is -2.26. The molecule has 0 spiro atoms. The van der Waals surface area contributed by atoms with Gasteiger partial charge in [0.25, 0.3) is 5.91 Å². The SMILES string of the molecule is COC(=O)C(COC(=O)N1CCCCCCN(Cc2ccc(CN3CCCCCCNCCNCCC3)cc2)CCNCCC1)NC(=O)c1ccc(NCc2cnc3nc(N)nc(C)c3n2)cc1. The quantitative estimate of drug-likeness (QED) is 0.107. The first kappa shape index (κ1) is 51.9. The molecular weight excluding hydrogens is 863 g/mol. The lowest BCUT2D eigenvalue weighted by Crippen LogP contribution is -2.46. The summed E-state index contributed by atoms with van der Waals surface area (Å²) >= 11 is 0. The zero-order chi connectivity index (χ0) is 47.8. The van der Waals surface area contributed by atoms with Gasteiger partial charge in [-0.1, -0.05) is 49.9 Å². The molecule has 18 nitrogen and oxygen atoms in total. The number of methoxy groups -OCH3 is 1. The third-order valence-electron chi connectivity index (χ3n) is 12.5. The fourth-order valence-electron chi connectivity index (χ4n) is 8.56. The Hall–Kier alpha value is -5.53. The number of nitrogen functional groups attached to an aromatic ring is 1. The van der Waals surface area contributed by atoms with E-state index in [9.17, 15) is 14.4 Å². The van der Waals surface area contributed by atoms with Crippen molar-refractivity contribution in [1.82, 2.24) is 55.9 Å². The number of aryl methyl sites for hydroxylation is 1. The largest absolute Gasteiger partial charge is 0.467 e. The predicted octanol–water partition coefficient (Wildman–Crippen LogP) is 4.63. The molecule has 1 unspecified atom stereocenters. The van der Waals surface area contributed by atoms with Gasteiger partial charge in [-0.25, -0.2) is 24.5 Å². The number of esters is 1. The summed E-state index contributed by atoms with van der Waals surface area (Å²) in [6, 6.07) is 14.9. The Morgan fingerprint density at radius 1 is 0.691 bits per heavy atom. The van der Waals surface area contributed by atoms with Gasteiger partial charge in [-0.05, 0) is 120 Å². The number of anilines is 2. The van der Waals surface area contributed by atoms with E-state index in [1.807, 2.05) is 0 Å². The minimum absolute atomic E-state index is 0.147. The van der Waals surface area contributed by atoms with E-state index in [2.05, 4.69) is 80.6 Å². The number of carbonyl (C=O) groups is 3. The van der Waals surface area contributed by atoms with Gasteiger partial charge in [0.05, 0.1) is 31.2 Å². The molecule has 18 heteroatoms. The van der Waals surface area contributed by atoms with E-state index in [1.165, 1.54) is 50.3 Å². The van der Waals surface area contributed by atoms with Gasteiger partial charge in [-0.3, -0.25) is 14.6 Å². The number of benzene rings is 2. The van der Waals surface area contributed by atoms with Crippen LogP contribution in [-0.2, 0) is 33.9 Å². The molecule has 68 heavy (non-hydrogen) atoms. The van der Waals surface area contributed by atoms with E-state index in [0.29, 0.717) is 47.7 Å². The first-order valence-corrected chi connectivity index (χ1v) is 24.8. The maximum atomic E-state index is 13.4. The Morgan fingerprint density at radius 3 is 1.97 bits per heavy atom. The van der Waals surface area contributed by atoms with Gasteiger partial charge in [-0.2, -0.15) is 4.98 Å². The minimum Gasteiger partial charge on any atom is -0.467 e. The van der Waals surface area contributed by atoms with Gasteiger partial charge in [0.2, 0.25) is 5.95 Å². The van der Waals surface area contributed by atoms with E-state index in [0.717, 1.165) is 116 Å². The first-order valence-electron chi connectivity index (χ1n) is 24.8. The second-order valence-corrected chi connectivity index (χ2v) is 17.9. The van der Waals surface area contributed by atoms with Crippen molar-refractivity contribution in [2.24, 2.45) is 0 Å². The first-order chi connectivity index (χ1) is 33.2. The van der Waals surface area contributed by atoms with Gasteiger partial charge >= 0.3 is 12.1 Å². The number of carbonyl (C=O) groups excluding carboxylic acids is 3. The lowest BCUT2D eigenvalue weighted by atomic mass is 10.1. The van der Waals surface area contributed by atoms with Crippen molar-refractivity contribution in [3.8, 4) is 0 Å². The molecule has 2 aromatic carbocycles. The predicted molar refractivity (Wildman–Crippen MR) is 266 cm³/mol. The van der Waals surface area contributed by atoms with Crippen molar-refractivity contribution in [3.63, 3.8) is 0 Å². The van der Waals surface area contributed by atoms with Crippen LogP contribution in [0.4, 0.5) is 16.4 Å². The van der Waals surface area contributed by atoms with E-state index < -0.39 is 24.0 Å². The molecule has 2 saturated heterocycles. The molecule has 0 radical (unpaired) electrons. The number of fused-ring (bicyclic) bond motifs is 1. The maximum absolute atomic E-state index is 13.4. The lowest BCUT2D eigenvalue weighted by molar-refractivity contribution is -0.143. The minimum atomic E-state index is -1.19. The Balaban J connectivity index is 0.911. The summed E-state index contributed by atoms with van der Waals surface area (Å²) in [6.07, 6.45) is 12.1. The molecule has 2 fully saturated rings. The summed E-state index contributed by atoms with van der Waals surface area (Å²) in [4.78, 5) is 63.6. The van der Waals surface area contributed by atoms with Crippen LogP contribution in [0.2, 0.25) is 0 Å².